The third kappa shape index (κ3) is 3.44. The molecule has 0 bridgehead atoms. The summed E-state index contributed by atoms with van der Waals surface area (Å²) in [6, 6.07) is 0. The molecule has 0 spiro atoms. The van der Waals surface area contributed by atoms with Crippen LogP contribution in [0.2, 0.25) is 0 Å². The lowest BCUT2D eigenvalue weighted by atomic mass is 9.80. The van der Waals surface area contributed by atoms with E-state index in [0.717, 1.165) is 45.3 Å². The van der Waals surface area contributed by atoms with Gasteiger partial charge in [-0.2, -0.15) is 0 Å². The van der Waals surface area contributed by atoms with Gasteiger partial charge >= 0.3 is 0 Å². The molecule has 0 radical (unpaired) electrons. The van der Waals surface area contributed by atoms with Crippen molar-refractivity contribution in [3.05, 3.63) is 0 Å². The zero-order valence-corrected chi connectivity index (χ0v) is 11.1. The lowest BCUT2D eigenvalue weighted by molar-refractivity contribution is 0.0214. The molecule has 1 saturated carbocycles. The highest BCUT2D eigenvalue weighted by Gasteiger charge is 2.31. The smallest absolute Gasteiger partial charge is 0.0546 e. The minimum absolute atomic E-state index is 0.0324. The van der Waals surface area contributed by atoms with Gasteiger partial charge in [-0.1, -0.05) is 13.8 Å². The van der Waals surface area contributed by atoms with Crippen LogP contribution in [0.3, 0.4) is 0 Å². The highest BCUT2D eigenvalue weighted by molar-refractivity contribution is 4.84. The van der Waals surface area contributed by atoms with Crippen molar-refractivity contribution >= 4 is 0 Å². The fraction of sp³-hybridized carbons (Fsp3) is 1.00. The Morgan fingerprint density at radius 2 is 1.88 bits per heavy atom. The van der Waals surface area contributed by atoms with E-state index in [1.165, 1.54) is 0 Å². The number of nitrogens with zero attached hydrogens (tertiary/aromatic N) is 1. The molecule has 0 heterocycles. The Morgan fingerprint density at radius 1 is 1.31 bits per heavy atom. The van der Waals surface area contributed by atoms with Crippen molar-refractivity contribution in [3.8, 4) is 0 Å². The van der Waals surface area contributed by atoms with Crippen molar-refractivity contribution in [2.24, 2.45) is 17.1 Å². The normalized spacial score (nSPS) is 25.9. The lowest BCUT2D eigenvalue weighted by Crippen LogP contribution is -2.44. The zero-order valence-electron chi connectivity index (χ0n) is 11.1. The Labute approximate surface area is 100 Å². The fourth-order valence-electron chi connectivity index (χ4n) is 2.75. The maximum absolute atomic E-state index is 9.26. The lowest BCUT2D eigenvalue weighted by Gasteiger charge is -2.39. The summed E-state index contributed by atoms with van der Waals surface area (Å²) < 4.78 is 0. The molecule has 0 aromatic heterocycles. The summed E-state index contributed by atoms with van der Waals surface area (Å²) in [7, 11) is 2.18. The molecule has 0 aromatic rings. The van der Waals surface area contributed by atoms with E-state index in [2.05, 4.69) is 25.8 Å². The van der Waals surface area contributed by atoms with Crippen LogP contribution >= 0.6 is 0 Å². The van der Waals surface area contributed by atoms with Gasteiger partial charge in [0, 0.05) is 13.1 Å². The van der Waals surface area contributed by atoms with Crippen LogP contribution in [0.15, 0.2) is 0 Å². The number of hydrogen-bond acceptors (Lipinski definition) is 3. The summed E-state index contributed by atoms with van der Waals surface area (Å²) in [5.74, 6) is 0.698. The van der Waals surface area contributed by atoms with Crippen LogP contribution in [0.4, 0.5) is 0 Å². The van der Waals surface area contributed by atoms with Crippen molar-refractivity contribution in [2.75, 3.05) is 26.7 Å². The van der Waals surface area contributed by atoms with Gasteiger partial charge in [0.2, 0.25) is 0 Å². The number of nitrogens with two attached hydrogens (primary N) is 1. The topological polar surface area (TPSA) is 49.5 Å². The summed E-state index contributed by atoms with van der Waals surface area (Å²) in [4.78, 5) is 2.40. The molecule has 1 rings (SSSR count). The molecule has 0 atom stereocenters. The van der Waals surface area contributed by atoms with Gasteiger partial charge in [0.1, 0.15) is 0 Å². The fourth-order valence-corrected chi connectivity index (χ4v) is 2.75. The molecule has 1 aliphatic carbocycles. The average Bonchev–Trinajstić information content (AvgIpc) is 2.24. The Morgan fingerprint density at radius 3 is 2.25 bits per heavy atom. The Kier molecular flexibility index (Phi) is 5.22. The monoisotopic (exact) mass is 228 g/mol. The van der Waals surface area contributed by atoms with E-state index in [1.54, 1.807) is 0 Å². The number of aliphatic hydroxyl groups is 1. The van der Waals surface area contributed by atoms with Crippen LogP contribution < -0.4 is 5.73 Å². The number of aliphatic hydroxyl groups excluding tert-OH is 1. The van der Waals surface area contributed by atoms with Gasteiger partial charge in [0.15, 0.2) is 0 Å². The van der Waals surface area contributed by atoms with Crippen molar-refractivity contribution in [1.29, 1.82) is 0 Å². The molecular formula is C13H28N2O. The van der Waals surface area contributed by atoms with E-state index in [0.29, 0.717) is 5.92 Å². The first-order valence-electron chi connectivity index (χ1n) is 6.62. The van der Waals surface area contributed by atoms with E-state index in [4.69, 9.17) is 5.73 Å². The molecule has 0 aromatic carbocycles. The Bertz CT molecular complexity index is 190. The SMILES string of the molecule is CCC(CC)(CN)CN(C)CC1CC(O)C1. The summed E-state index contributed by atoms with van der Waals surface area (Å²) in [5, 5.41) is 9.26. The minimum Gasteiger partial charge on any atom is -0.393 e. The molecule has 0 unspecified atom stereocenters. The van der Waals surface area contributed by atoms with Crippen LogP contribution in [0.25, 0.3) is 0 Å². The molecule has 96 valence electrons. The second-order valence-electron chi connectivity index (χ2n) is 5.60. The summed E-state index contributed by atoms with van der Waals surface area (Å²) in [5.41, 5.74) is 6.20. The molecule has 3 N–H and O–H groups in total. The molecule has 3 nitrogen and oxygen atoms in total. The van der Waals surface area contributed by atoms with Gasteiger partial charge < -0.3 is 15.7 Å². The maximum atomic E-state index is 9.26. The zero-order chi connectivity index (χ0) is 12.2. The Balaban J connectivity index is 2.33. The number of hydrogen-bond donors (Lipinski definition) is 2. The second kappa shape index (κ2) is 5.99. The van der Waals surface area contributed by atoms with Gasteiger partial charge in [0.25, 0.3) is 0 Å². The van der Waals surface area contributed by atoms with Crippen LogP contribution in [0.1, 0.15) is 39.5 Å². The highest BCUT2D eigenvalue weighted by atomic mass is 16.3. The standard InChI is InChI=1S/C13H28N2O/c1-4-13(5-2,9-14)10-15(3)8-11-6-12(16)7-11/h11-12,16H,4-10,14H2,1-3H3. The van der Waals surface area contributed by atoms with Gasteiger partial charge in [-0.05, 0) is 50.6 Å². The molecule has 0 aliphatic heterocycles. The summed E-state index contributed by atoms with van der Waals surface area (Å²) in [6.45, 7) is 7.44. The van der Waals surface area contributed by atoms with Crippen LogP contribution in [-0.2, 0) is 0 Å². The molecule has 1 fully saturated rings. The third-order valence-corrected chi connectivity index (χ3v) is 4.32. The van der Waals surface area contributed by atoms with Crippen molar-refractivity contribution < 1.29 is 5.11 Å². The molecule has 0 saturated heterocycles. The molecule has 1 aliphatic rings. The number of rotatable bonds is 7. The quantitative estimate of drug-likeness (QED) is 0.693. The maximum Gasteiger partial charge on any atom is 0.0546 e. The predicted molar refractivity (Wildman–Crippen MR) is 68.3 cm³/mol. The van der Waals surface area contributed by atoms with Crippen molar-refractivity contribution in [3.63, 3.8) is 0 Å². The first-order valence-corrected chi connectivity index (χ1v) is 6.62. The van der Waals surface area contributed by atoms with E-state index >= 15 is 0 Å². The third-order valence-electron chi connectivity index (χ3n) is 4.32. The highest BCUT2D eigenvalue weighted by Crippen LogP contribution is 2.30. The van der Waals surface area contributed by atoms with Gasteiger partial charge in [-0.25, -0.2) is 0 Å². The summed E-state index contributed by atoms with van der Waals surface area (Å²) in [6.07, 6.45) is 4.24. The minimum atomic E-state index is -0.0324. The molecular weight excluding hydrogens is 200 g/mol. The van der Waals surface area contributed by atoms with Crippen molar-refractivity contribution in [1.82, 2.24) is 4.90 Å². The largest absolute Gasteiger partial charge is 0.393 e. The van der Waals surface area contributed by atoms with Crippen molar-refractivity contribution in [2.45, 2.75) is 45.6 Å². The summed E-state index contributed by atoms with van der Waals surface area (Å²) >= 11 is 0. The average molecular weight is 228 g/mol. The van der Waals surface area contributed by atoms with E-state index < -0.39 is 0 Å². The van der Waals surface area contributed by atoms with Gasteiger partial charge in [0.05, 0.1) is 6.10 Å². The van der Waals surface area contributed by atoms with Crippen LogP contribution in [0.5, 0.6) is 0 Å². The predicted octanol–water partition coefficient (Wildman–Crippen LogP) is 1.45. The van der Waals surface area contributed by atoms with E-state index in [9.17, 15) is 5.11 Å². The molecule has 0 amide bonds. The van der Waals surface area contributed by atoms with Crippen LogP contribution in [0, 0.1) is 11.3 Å². The Hall–Kier alpha value is -0.120. The van der Waals surface area contributed by atoms with Gasteiger partial charge in [-0.15, -0.1) is 0 Å². The second-order valence-corrected chi connectivity index (χ2v) is 5.60. The molecule has 16 heavy (non-hydrogen) atoms. The van der Waals surface area contributed by atoms with E-state index in [1.807, 2.05) is 0 Å². The first kappa shape index (κ1) is 13.9. The van der Waals surface area contributed by atoms with Gasteiger partial charge in [-0.3, -0.25) is 0 Å². The molecule has 3 heteroatoms. The first-order chi connectivity index (χ1) is 7.55. The van der Waals surface area contributed by atoms with E-state index in [-0.39, 0.29) is 11.5 Å². The van der Waals surface area contributed by atoms with Crippen LogP contribution in [-0.4, -0.2) is 42.8 Å².